The van der Waals surface area contributed by atoms with Gasteiger partial charge < -0.3 is 15.4 Å². The molecule has 0 heterocycles. The molecule has 134 valence electrons. The van der Waals surface area contributed by atoms with Gasteiger partial charge in [-0.3, -0.25) is 4.99 Å². The van der Waals surface area contributed by atoms with Crippen molar-refractivity contribution >= 4 is 47.5 Å². The maximum atomic E-state index is 11.4. The van der Waals surface area contributed by atoms with Crippen LogP contribution in [0.25, 0.3) is 0 Å². The van der Waals surface area contributed by atoms with Crippen LogP contribution in [0.15, 0.2) is 53.5 Å². The van der Waals surface area contributed by atoms with Crippen LogP contribution in [-0.4, -0.2) is 26.1 Å². The van der Waals surface area contributed by atoms with Gasteiger partial charge in [0.2, 0.25) is 0 Å². The summed E-state index contributed by atoms with van der Waals surface area (Å²) < 4.78 is 4.68. The highest BCUT2D eigenvalue weighted by Gasteiger charge is 2.05. The quantitative estimate of drug-likeness (QED) is 0.301. The Bertz CT molecular complexity index is 721. The summed E-state index contributed by atoms with van der Waals surface area (Å²) in [6.07, 6.45) is 0. The highest BCUT2D eigenvalue weighted by molar-refractivity contribution is 14.0. The number of hydrogen-bond acceptors (Lipinski definition) is 3. The lowest BCUT2D eigenvalue weighted by Crippen LogP contribution is -2.36. The maximum absolute atomic E-state index is 11.4. The normalized spacial score (nSPS) is 10.6. The largest absolute Gasteiger partial charge is 0.465 e. The number of methoxy groups -OCH3 is 1. The zero-order chi connectivity index (χ0) is 17.4. The van der Waals surface area contributed by atoms with Gasteiger partial charge in [-0.05, 0) is 35.4 Å². The van der Waals surface area contributed by atoms with Crippen molar-refractivity contribution in [1.29, 1.82) is 0 Å². The Morgan fingerprint density at radius 3 is 2.28 bits per heavy atom. The van der Waals surface area contributed by atoms with Crippen molar-refractivity contribution in [1.82, 2.24) is 10.6 Å². The fourth-order valence-electron chi connectivity index (χ4n) is 2.12. The molecule has 5 nitrogen and oxygen atoms in total. The standard InChI is InChI=1S/C18H20ClN3O2.HI/c1-20-18(22-12-14-4-3-5-16(19)10-14)21-11-13-6-8-15(9-7-13)17(23)24-2;/h3-10H,11-12H2,1-2H3,(H2,20,21,22);1H. The predicted octanol–water partition coefficient (Wildman–Crippen LogP) is 3.61. The number of ether oxygens (including phenoxy) is 1. The molecule has 0 saturated carbocycles. The lowest BCUT2D eigenvalue weighted by molar-refractivity contribution is 0.0600. The highest BCUT2D eigenvalue weighted by atomic mass is 127. The molecule has 2 rings (SSSR count). The summed E-state index contributed by atoms with van der Waals surface area (Å²) in [5, 5.41) is 7.16. The van der Waals surface area contributed by atoms with Crippen molar-refractivity contribution in [2.45, 2.75) is 13.1 Å². The summed E-state index contributed by atoms with van der Waals surface area (Å²) in [5.41, 5.74) is 2.64. The summed E-state index contributed by atoms with van der Waals surface area (Å²) in [7, 11) is 3.08. The van der Waals surface area contributed by atoms with Crippen LogP contribution in [-0.2, 0) is 17.8 Å². The Hall–Kier alpha value is -1.80. The minimum atomic E-state index is -0.339. The Morgan fingerprint density at radius 1 is 1.08 bits per heavy atom. The Morgan fingerprint density at radius 2 is 1.72 bits per heavy atom. The average molecular weight is 474 g/mol. The number of carbonyl (C=O) groups excluding carboxylic acids is 1. The number of esters is 1. The van der Waals surface area contributed by atoms with Crippen molar-refractivity contribution in [3.8, 4) is 0 Å². The molecule has 2 aromatic carbocycles. The lowest BCUT2D eigenvalue weighted by atomic mass is 10.1. The number of hydrogen-bond donors (Lipinski definition) is 2. The molecule has 0 bridgehead atoms. The molecular weight excluding hydrogens is 453 g/mol. The number of guanidine groups is 1. The van der Waals surface area contributed by atoms with Crippen LogP contribution in [0.2, 0.25) is 5.02 Å². The molecule has 0 unspecified atom stereocenters. The van der Waals surface area contributed by atoms with E-state index in [2.05, 4.69) is 20.4 Å². The molecule has 2 N–H and O–H groups in total. The summed E-state index contributed by atoms with van der Waals surface area (Å²) in [4.78, 5) is 15.6. The van der Waals surface area contributed by atoms with E-state index in [0.29, 0.717) is 29.6 Å². The van der Waals surface area contributed by atoms with E-state index in [0.717, 1.165) is 11.1 Å². The molecule has 25 heavy (non-hydrogen) atoms. The van der Waals surface area contributed by atoms with Gasteiger partial charge in [0.1, 0.15) is 0 Å². The topological polar surface area (TPSA) is 62.7 Å². The van der Waals surface area contributed by atoms with E-state index in [1.807, 2.05) is 36.4 Å². The summed E-state index contributed by atoms with van der Waals surface area (Å²) in [5.74, 6) is 0.348. The number of rotatable bonds is 5. The van der Waals surface area contributed by atoms with Crippen LogP contribution in [0.1, 0.15) is 21.5 Å². The van der Waals surface area contributed by atoms with Gasteiger partial charge in [-0.1, -0.05) is 35.9 Å². The molecular formula is C18H21ClIN3O2. The molecule has 0 atom stereocenters. The number of carbonyl (C=O) groups is 1. The molecule has 0 saturated heterocycles. The maximum Gasteiger partial charge on any atom is 0.337 e. The zero-order valence-corrected chi connectivity index (χ0v) is 17.2. The zero-order valence-electron chi connectivity index (χ0n) is 14.1. The number of nitrogens with zero attached hydrogens (tertiary/aromatic N) is 1. The second kappa shape index (κ2) is 10.9. The smallest absolute Gasteiger partial charge is 0.337 e. The monoisotopic (exact) mass is 473 g/mol. The van der Waals surface area contributed by atoms with Gasteiger partial charge in [-0.15, -0.1) is 24.0 Å². The van der Waals surface area contributed by atoms with Crippen LogP contribution in [0.3, 0.4) is 0 Å². The molecule has 0 spiro atoms. The second-order valence-electron chi connectivity index (χ2n) is 5.10. The van der Waals surface area contributed by atoms with Crippen molar-refractivity contribution in [2.24, 2.45) is 4.99 Å². The van der Waals surface area contributed by atoms with Crippen LogP contribution in [0, 0.1) is 0 Å². The van der Waals surface area contributed by atoms with Crippen LogP contribution in [0.5, 0.6) is 0 Å². The fourth-order valence-corrected chi connectivity index (χ4v) is 2.33. The van der Waals surface area contributed by atoms with Crippen molar-refractivity contribution in [3.05, 3.63) is 70.2 Å². The first kappa shape index (κ1) is 21.2. The first-order valence-corrected chi connectivity index (χ1v) is 7.86. The molecule has 0 amide bonds. The molecule has 0 fully saturated rings. The van der Waals surface area contributed by atoms with E-state index in [4.69, 9.17) is 11.6 Å². The van der Waals surface area contributed by atoms with Gasteiger partial charge in [0.15, 0.2) is 5.96 Å². The van der Waals surface area contributed by atoms with Gasteiger partial charge in [0.25, 0.3) is 0 Å². The predicted molar refractivity (Wildman–Crippen MR) is 112 cm³/mol. The molecule has 0 radical (unpaired) electrons. The average Bonchev–Trinajstić information content (AvgIpc) is 2.61. The van der Waals surface area contributed by atoms with Crippen LogP contribution < -0.4 is 10.6 Å². The molecule has 2 aromatic rings. The van der Waals surface area contributed by atoms with E-state index < -0.39 is 0 Å². The van der Waals surface area contributed by atoms with Gasteiger partial charge in [-0.2, -0.15) is 0 Å². The number of aliphatic imine (C=N–C) groups is 1. The van der Waals surface area contributed by atoms with Gasteiger partial charge in [0, 0.05) is 25.2 Å². The van der Waals surface area contributed by atoms with E-state index in [1.54, 1.807) is 19.2 Å². The summed E-state index contributed by atoms with van der Waals surface area (Å²) in [6, 6.07) is 14.9. The summed E-state index contributed by atoms with van der Waals surface area (Å²) in [6.45, 7) is 1.22. The third-order valence-electron chi connectivity index (χ3n) is 3.41. The van der Waals surface area contributed by atoms with Crippen molar-refractivity contribution in [3.63, 3.8) is 0 Å². The van der Waals surface area contributed by atoms with Gasteiger partial charge in [0.05, 0.1) is 12.7 Å². The highest BCUT2D eigenvalue weighted by Crippen LogP contribution is 2.10. The van der Waals surface area contributed by atoms with E-state index >= 15 is 0 Å². The molecule has 0 aliphatic rings. The van der Waals surface area contributed by atoms with Crippen LogP contribution in [0.4, 0.5) is 0 Å². The molecule has 0 aliphatic carbocycles. The Labute approximate surface area is 169 Å². The minimum absolute atomic E-state index is 0. The third kappa shape index (κ3) is 6.91. The number of halogens is 2. The SMILES string of the molecule is CN=C(NCc1ccc(C(=O)OC)cc1)NCc1cccc(Cl)c1.I. The first-order chi connectivity index (χ1) is 11.6. The third-order valence-corrected chi connectivity index (χ3v) is 3.64. The molecule has 0 aromatic heterocycles. The van der Waals surface area contributed by atoms with Crippen LogP contribution >= 0.6 is 35.6 Å². The Balaban J connectivity index is 0.00000312. The minimum Gasteiger partial charge on any atom is -0.465 e. The van der Waals surface area contributed by atoms with E-state index in [1.165, 1.54) is 7.11 Å². The lowest BCUT2D eigenvalue weighted by Gasteiger charge is -2.12. The Kier molecular flexibility index (Phi) is 9.30. The van der Waals surface area contributed by atoms with E-state index in [9.17, 15) is 4.79 Å². The van der Waals surface area contributed by atoms with Gasteiger partial charge >= 0.3 is 5.97 Å². The number of nitrogens with one attached hydrogen (secondary N) is 2. The fraction of sp³-hybridized carbons (Fsp3) is 0.222. The van der Waals surface area contributed by atoms with Gasteiger partial charge in [-0.25, -0.2) is 4.79 Å². The van der Waals surface area contributed by atoms with E-state index in [-0.39, 0.29) is 29.9 Å². The van der Waals surface area contributed by atoms with Crippen molar-refractivity contribution < 1.29 is 9.53 Å². The second-order valence-corrected chi connectivity index (χ2v) is 5.53. The summed E-state index contributed by atoms with van der Waals surface area (Å²) >= 11 is 5.97. The van der Waals surface area contributed by atoms with Crippen molar-refractivity contribution in [2.75, 3.05) is 14.2 Å². The molecule has 7 heteroatoms. The first-order valence-electron chi connectivity index (χ1n) is 7.48. The number of benzene rings is 2. The molecule has 0 aliphatic heterocycles.